The molecule has 1 saturated carbocycles. The first kappa shape index (κ1) is 20.9. The topological polar surface area (TPSA) is 34.6 Å². The van der Waals surface area contributed by atoms with Crippen molar-refractivity contribution >= 4 is 61.1 Å². The zero-order valence-electron chi connectivity index (χ0n) is 20.2. The van der Waals surface area contributed by atoms with E-state index in [1.807, 2.05) is 0 Å². The Labute approximate surface area is 209 Å². The summed E-state index contributed by atoms with van der Waals surface area (Å²) in [7, 11) is 0. The van der Waals surface area contributed by atoms with Crippen LogP contribution in [-0.2, 0) is 0 Å². The van der Waals surface area contributed by atoms with Gasteiger partial charge in [0.15, 0.2) is 0 Å². The maximum absolute atomic E-state index is 5.15. The third-order valence-electron chi connectivity index (χ3n) is 7.20. The molecule has 1 fully saturated rings. The standard InChI is InChI=1S/C32H26N4/c1-21(35-28-15-7-3-11-24(28)25-12-4-8-16-29(25)35)33-32(23-19-20-23)34-22(2)36-30-17-9-5-13-26(30)27-14-6-10-18-31(27)36/h3-18,23H,1,19-20H2,2H3/b33-32-,34-22?. The van der Waals surface area contributed by atoms with Crippen LogP contribution in [0.4, 0.5) is 0 Å². The predicted molar refractivity (Wildman–Crippen MR) is 153 cm³/mol. The second kappa shape index (κ2) is 8.06. The summed E-state index contributed by atoms with van der Waals surface area (Å²) in [5, 5.41) is 4.90. The average molecular weight is 467 g/mol. The molecule has 0 atom stereocenters. The monoisotopic (exact) mass is 466 g/mol. The lowest BCUT2D eigenvalue weighted by atomic mass is 10.2. The lowest BCUT2D eigenvalue weighted by molar-refractivity contribution is 1.11. The number of hydrogen-bond donors (Lipinski definition) is 0. The molecule has 0 aliphatic heterocycles. The van der Waals surface area contributed by atoms with E-state index in [2.05, 4.69) is 120 Å². The van der Waals surface area contributed by atoms with Crippen LogP contribution in [0.25, 0.3) is 49.4 Å². The molecular formula is C32H26N4. The maximum Gasteiger partial charge on any atom is 0.135 e. The van der Waals surface area contributed by atoms with Gasteiger partial charge in [-0.2, -0.15) is 0 Å². The minimum atomic E-state index is 0.373. The fourth-order valence-electron chi connectivity index (χ4n) is 5.42. The smallest absolute Gasteiger partial charge is 0.135 e. The zero-order chi connectivity index (χ0) is 24.2. The minimum Gasteiger partial charge on any atom is -0.297 e. The van der Waals surface area contributed by atoms with Gasteiger partial charge in [0, 0.05) is 27.5 Å². The summed E-state index contributed by atoms with van der Waals surface area (Å²) in [6.07, 6.45) is 2.23. The van der Waals surface area contributed by atoms with E-state index in [9.17, 15) is 0 Å². The molecule has 4 aromatic carbocycles. The molecule has 2 heterocycles. The molecule has 6 aromatic rings. The fraction of sp³-hybridized carbons (Fsp3) is 0.125. The van der Waals surface area contributed by atoms with Gasteiger partial charge in [-0.3, -0.25) is 9.13 Å². The number of para-hydroxylation sites is 4. The van der Waals surface area contributed by atoms with Crippen LogP contribution in [0, 0.1) is 5.92 Å². The Hall–Kier alpha value is -4.44. The van der Waals surface area contributed by atoms with Crippen molar-refractivity contribution in [2.75, 3.05) is 0 Å². The van der Waals surface area contributed by atoms with Crippen LogP contribution in [0.15, 0.2) is 114 Å². The summed E-state index contributed by atoms with van der Waals surface area (Å²) in [5.74, 6) is 2.86. The molecule has 36 heavy (non-hydrogen) atoms. The van der Waals surface area contributed by atoms with Gasteiger partial charge in [0.2, 0.25) is 0 Å². The number of amidine groups is 1. The number of benzene rings is 4. The van der Waals surface area contributed by atoms with Gasteiger partial charge in [-0.05, 0) is 44.0 Å². The molecular weight excluding hydrogens is 440 g/mol. The lowest BCUT2D eigenvalue weighted by Crippen LogP contribution is -2.12. The van der Waals surface area contributed by atoms with E-state index in [1.54, 1.807) is 0 Å². The molecule has 0 amide bonds. The van der Waals surface area contributed by atoms with Gasteiger partial charge in [-0.1, -0.05) is 79.4 Å². The normalized spacial score (nSPS) is 14.9. The number of nitrogens with zero attached hydrogens (tertiary/aromatic N) is 4. The van der Waals surface area contributed by atoms with Crippen LogP contribution in [-0.4, -0.2) is 20.8 Å². The molecule has 0 radical (unpaired) electrons. The van der Waals surface area contributed by atoms with Gasteiger partial charge in [0.05, 0.1) is 22.1 Å². The van der Waals surface area contributed by atoms with Crippen molar-refractivity contribution in [1.29, 1.82) is 0 Å². The van der Waals surface area contributed by atoms with Crippen LogP contribution in [0.3, 0.4) is 0 Å². The average Bonchev–Trinajstić information content (AvgIpc) is 3.63. The summed E-state index contributed by atoms with van der Waals surface area (Å²) < 4.78 is 4.42. The van der Waals surface area contributed by atoms with E-state index in [1.165, 1.54) is 21.5 Å². The van der Waals surface area contributed by atoms with E-state index < -0.39 is 0 Å². The first-order valence-corrected chi connectivity index (χ1v) is 12.5. The second-order valence-electron chi connectivity index (χ2n) is 9.56. The van der Waals surface area contributed by atoms with Gasteiger partial charge < -0.3 is 0 Å². The number of hydrogen-bond acceptors (Lipinski definition) is 1. The predicted octanol–water partition coefficient (Wildman–Crippen LogP) is 8.11. The van der Waals surface area contributed by atoms with E-state index in [4.69, 9.17) is 9.98 Å². The molecule has 2 aromatic heterocycles. The lowest BCUT2D eigenvalue weighted by Gasteiger charge is -2.10. The molecule has 4 heteroatoms. The summed E-state index contributed by atoms with van der Waals surface area (Å²) in [6.45, 7) is 6.50. The molecule has 1 aliphatic carbocycles. The molecule has 0 bridgehead atoms. The fourth-order valence-corrected chi connectivity index (χ4v) is 5.42. The van der Waals surface area contributed by atoms with Gasteiger partial charge in [0.1, 0.15) is 17.5 Å². The van der Waals surface area contributed by atoms with E-state index >= 15 is 0 Å². The maximum atomic E-state index is 5.15. The van der Waals surface area contributed by atoms with Crippen molar-refractivity contribution in [3.8, 4) is 0 Å². The van der Waals surface area contributed by atoms with Crippen LogP contribution in [0.5, 0.6) is 0 Å². The Morgan fingerprint density at radius 2 is 1.00 bits per heavy atom. The van der Waals surface area contributed by atoms with Gasteiger partial charge in [-0.15, -0.1) is 0 Å². The van der Waals surface area contributed by atoms with Crippen LogP contribution in [0.2, 0.25) is 0 Å². The molecule has 0 spiro atoms. The van der Waals surface area contributed by atoms with Crippen molar-refractivity contribution in [1.82, 2.24) is 9.13 Å². The SMILES string of the molecule is C=C(/N=C(\N=C(C)n1c2ccccc2c2ccccc21)C1CC1)n1c2ccccc2c2ccccc21. The van der Waals surface area contributed by atoms with Crippen LogP contribution in [0.1, 0.15) is 19.8 Å². The van der Waals surface area contributed by atoms with Gasteiger partial charge in [0.25, 0.3) is 0 Å². The highest BCUT2D eigenvalue weighted by atomic mass is 15.2. The Balaban J connectivity index is 1.39. The van der Waals surface area contributed by atoms with Gasteiger partial charge in [-0.25, -0.2) is 9.98 Å². The second-order valence-corrected chi connectivity index (χ2v) is 9.56. The molecule has 1 aliphatic rings. The number of fused-ring (bicyclic) bond motifs is 6. The number of aliphatic imine (C=N–C) groups is 2. The highest BCUT2D eigenvalue weighted by Crippen LogP contribution is 2.35. The third kappa shape index (κ3) is 3.22. The van der Waals surface area contributed by atoms with Gasteiger partial charge >= 0.3 is 0 Å². The van der Waals surface area contributed by atoms with E-state index in [0.29, 0.717) is 11.7 Å². The van der Waals surface area contributed by atoms with Crippen molar-refractivity contribution in [2.45, 2.75) is 19.8 Å². The first-order chi connectivity index (χ1) is 17.7. The summed E-state index contributed by atoms with van der Waals surface area (Å²) >= 11 is 0. The van der Waals surface area contributed by atoms with Crippen molar-refractivity contribution < 1.29 is 0 Å². The van der Waals surface area contributed by atoms with Crippen molar-refractivity contribution in [3.05, 3.63) is 104 Å². The quantitative estimate of drug-likeness (QED) is 0.187. The van der Waals surface area contributed by atoms with Crippen LogP contribution < -0.4 is 0 Å². The molecule has 174 valence electrons. The van der Waals surface area contributed by atoms with Crippen molar-refractivity contribution in [2.24, 2.45) is 15.9 Å². The molecule has 0 unspecified atom stereocenters. The Bertz CT molecular complexity index is 1770. The molecule has 7 rings (SSSR count). The third-order valence-corrected chi connectivity index (χ3v) is 7.20. The molecule has 4 nitrogen and oxygen atoms in total. The number of rotatable bonds is 3. The highest BCUT2D eigenvalue weighted by Gasteiger charge is 2.29. The largest absolute Gasteiger partial charge is 0.297 e. The highest BCUT2D eigenvalue weighted by molar-refractivity contribution is 6.15. The number of aromatic nitrogens is 2. The summed E-state index contributed by atoms with van der Waals surface area (Å²) in [5.41, 5.74) is 4.56. The Morgan fingerprint density at radius 1 is 0.611 bits per heavy atom. The summed E-state index contributed by atoms with van der Waals surface area (Å²) in [6, 6.07) is 34.0. The summed E-state index contributed by atoms with van der Waals surface area (Å²) in [4.78, 5) is 10.2. The molecule has 0 N–H and O–H groups in total. The zero-order valence-corrected chi connectivity index (χ0v) is 20.2. The van der Waals surface area contributed by atoms with E-state index in [-0.39, 0.29) is 0 Å². The van der Waals surface area contributed by atoms with E-state index in [0.717, 1.165) is 46.6 Å². The minimum absolute atomic E-state index is 0.373. The van der Waals surface area contributed by atoms with Crippen molar-refractivity contribution in [3.63, 3.8) is 0 Å². The Kier molecular flexibility index (Phi) is 4.68. The Morgan fingerprint density at radius 3 is 1.42 bits per heavy atom. The molecule has 0 saturated heterocycles. The first-order valence-electron chi connectivity index (χ1n) is 12.5. The van der Waals surface area contributed by atoms with Crippen LogP contribution >= 0.6 is 0 Å².